The minimum atomic E-state index is -0.831. The summed E-state index contributed by atoms with van der Waals surface area (Å²) in [7, 11) is 0. The summed E-state index contributed by atoms with van der Waals surface area (Å²) < 4.78 is 1.63. The Bertz CT molecular complexity index is 495. The highest BCUT2D eigenvalue weighted by molar-refractivity contribution is 5.93. The first kappa shape index (κ1) is 13.6. The summed E-state index contributed by atoms with van der Waals surface area (Å²) in [5.74, 6) is -1.54. The van der Waals surface area contributed by atoms with E-state index in [1.54, 1.807) is 10.7 Å². The first-order valence-electron chi connectivity index (χ1n) is 6.61. The summed E-state index contributed by atoms with van der Waals surface area (Å²) in [6, 6.07) is 1.45. The Morgan fingerprint density at radius 3 is 2.89 bits per heavy atom. The normalized spacial score (nSPS) is 22.4. The van der Waals surface area contributed by atoms with E-state index in [2.05, 4.69) is 10.4 Å². The molecule has 2 unspecified atom stereocenters. The van der Waals surface area contributed by atoms with Crippen LogP contribution in [0.15, 0.2) is 6.07 Å². The molecule has 0 aliphatic heterocycles. The minimum Gasteiger partial charge on any atom is -0.481 e. The average molecular weight is 265 g/mol. The van der Waals surface area contributed by atoms with E-state index in [0.717, 1.165) is 18.5 Å². The van der Waals surface area contributed by atoms with Gasteiger partial charge in [-0.05, 0) is 32.8 Å². The molecule has 1 aromatic heterocycles. The fraction of sp³-hybridized carbons (Fsp3) is 0.615. The van der Waals surface area contributed by atoms with E-state index >= 15 is 0 Å². The number of nitrogens with zero attached hydrogens (tertiary/aromatic N) is 2. The van der Waals surface area contributed by atoms with E-state index in [0.29, 0.717) is 18.7 Å². The van der Waals surface area contributed by atoms with Gasteiger partial charge < -0.3 is 10.4 Å². The van der Waals surface area contributed by atoms with Crippen molar-refractivity contribution in [2.45, 2.75) is 45.7 Å². The highest BCUT2D eigenvalue weighted by atomic mass is 16.4. The second-order valence-corrected chi connectivity index (χ2v) is 4.94. The summed E-state index contributed by atoms with van der Waals surface area (Å²) in [5.41, 5.74) is 1.28. The molecule has 104 valence electrons. The number of carbonyl (C=O) groups is 2. The van der Waals surface area contributed by atoms with E-state index in [-0.39, 0.29) is 11.9 Å². The number of aromatic nitrogens is 2. The van der Waals surface area contributed by atoms with Crippen LogP contribution in [0.25, 0.3) is 0 Å². The molecule has 6 nitrogen and oxygen atoms in total. The average Bonchev–Trinajstić information content (AvgIpc) is 2.95. The highest BCUT2D eigenvalue weighted by Gasteiger charge is 2.34. The van der Waals surface area contributed by atoms with Crippen LogP contribution in [0.2, 0.25) is 0 Å². The molecule has 1 aromatic rings. The molecule has 0 radical (unpaired) electrons. The Kier molecular flexibility index (Phi) is 3.87. The number of carbonyl (C=O) groups excluding carboxylic acids is 1. The Morgan fingerprint density at radius 1 is 1.53 bits per heavy atom. The number of carboxylic acid groups (broad SMARTS) is 1. The largest absolute Gasteiger partial charge is 0.481 e. The molecular weight excluding hydrogens is 246 g/mol. The van der Waals surface area contributed by atoms with Gasteiger partial charge in [0, 0.05) is 12.6 Å². The smallest absolute Gasteiger partial charge is 0.308 e. The van der Waals surface area contributed by atoms with Crippen molar-refractivity contribution in [2.24, 2.45) is 5.92 Å². The van der Waals surface area contributed by atoms with Crippen LogP contribution in [-0.4, -0.2) is 32.8 Å². The number of aliphatic carboxylic acids is 1. The number of hydrogen-bond donors (Lipinski definition) is 2. The predicted molar refractivity (Wildman–Crippen MR) is 68.9 cm³/mol. The van der Waals surface area contributed by atoms with Gasteiger partial charge in [-0.25, -0.2) is 0 Å². The van der Waals surface area contributed by atoms with Crippen LogP contribution in [0.4, 0.5) is 0 Å². The summed E-state index contributed by atoms with van der Waals surface area (Å²) in [4.78, 5) is 23.3. The zero-order valence-electron chi connectivity index (χ0n) is 11.2. The summed E-state index contributed by atoms with van der Waals surface area (Å²) in [6.07, 6.45) is 2.20. The van der Waals surface area contributed by atoms with Gasteiger partial charge in [0.15, 0.2) is 0 Å². The molecule has 0 aromatic carbocycles. The lowest BCUT2D eigenvalue weighted by molar-refractivity contribution is -0.142. The van der Waals surface area contributed by atoms with Crippen molar-refractivity contribution in [3.05, 3.63) is 17.5 Å². The second kappa shape index (κ2) is 5.42. The third-order valence-electron chi connectivity index (χ3n) is 3.58. The SMILES string of the molecule is CCn1nc(C)cc1C(=O)NC1CCCC1C(=O)O. The first-order chi connectivity index (χ1) is 9.02. The van der Waals surface area contributed by atoms with Crippen molar-refractivity contribution in [3.8, 4) is 0 Å². The zero-order chi connectivity index (χ0) is 14.0. The van der Waals surface area contributed by atoms with Crippen molar-refractivity contribution in [1.82, 2.24) is 15.1 Å². The predicted octanol–water partition coefficient (Wildman–Crippen LogP) is 1.19. The van der Waals surface area contributed by atoms with Crippen LogP contribution in [0.1, 0.15) is 42.4 Å². The molecule has 1 aliphatic carbocycles. The number of amides is 1. The van der Waals surface area contributed by atoms with Gasteiger partial charge in [0.25, 0.3) is 5.91 Å². The monoisotopic (exact) mass is 265 g/mol. The maximum Gasteiger partial charge on any atom is 0.308 e. The molecule has 1 fully saturated rings. The van der Waals surface area contributed by atoms with Gasteiger partial charge in [-0.1, -0.05) is 6.42 Å². The maximum absolute atomic E-state index is 12.2. The van der Waals surface area contributed by atoms with Gasteiger partial charge in [-0.3, -0.25) is 14.3 Å². The Balaban J connectivity index is 2.10. The van der Waals surface area contributed by atoms with Crippen molar-refractivity contribution >= 4 is 11.9 Å². The lowest BCUT2D eigenvalue weighted by atomic mass is 10.0. The van der Waals surface area contributed by atoms with Crippen molar-refractivity contribution in [2.75, 3.05) is 0 Å². The molecule has 1 aliphatic rings. The lowest BCUT2D eigenvalue weighted by Crippen LogP contribution is -2.40. The maximum atomic E-state index is 12.2. The van der Waals surface area contributed by atoms with E-state index in [4.69, 9.17) is 5.11 Å². The Hall–Kier alpha value is -1.85. The van der Waals surface area contributed by atoms with Crippen molar-refractivity contribution in [3.63, 3.8) is 0 Å². The van der Waals surface area contributed by atoms with Gasteiger partial charge in [0.2, 0.25) is 0 Å². The molecule has 0 bridgehead atoms. The number of hydrogen-bond acceptors (Lipinski definition) is 3. The van der Waals surface area contributed by atoms with Gasteiger partial charge in [-0.15, -0.1) is 0 Å². The van der Waals surface area contributed by atoms with Gasteiger partial charge in [0.05, 0.1) is 11.6 Å². The van der Waals surface area contributed by atoms with Crippen LogP contribution in [0.5, 0.6) is 0 Å². The molecule has 2 N–H and O–H groups in total. The molecule has 1 saturated carbocycles. The van der Waals surface area contributed by atoms with Crippen LogP contribution in [0, 0.1) is 12.8 Å². The number of carboxylic acids is 1. The minimum absolute atomic E-state index is 0.236. The molecule has 19 heavy (non-hydrogen) atoms. The van der Waals surface area contributed by atoms with Gasteiger partial charge in [0.1, 0.15) is 5.69 Å². The van der Waals surface area contributed by atoms with Crippen molar-refractivity contribution in [1.29, 1.82) is 0 Å². The van der Waals surface area contributed by atoms with Gasteiger partial charge in [-0.2, -0.15) is 5.10 Å². The lowest BCUT2D eigenvalue weighted by Gasteiger charge is -2.17. The first-order valence-corrected chi connectivity index (χ1v) is 6.61. The number of rotatable bonds is 4. The van der Waals surface area contributed by atoms with Crippen LogP contribution in [0.3, 0.4) is 0 Å². The van der Waals surface area contributed by atoms with E-state index < -0.39 is 11.9 Å². The fourth-order valence-corrected chi connectivity index (χ4v) is 2.64. The number of aryl methyl sites for hydroxylation is 2. The Morgan fingerprint density at radius 2 is 2.26 bits per heavy atom. The zero-order valence-corrected chi connectivity index (χ0v) is 11.2. The van der Waals surface area contributed by atoms with Crippen molar-refractivity contribution < 1.29 is 14.7 Å². The topological polar surface area (TPSA) is 84.2 Å². The second-order valence-electron chi connectivity index (χ2n) is 4.94. The molecule has 6 heteroatoms. The van der Waals surface area contributed by atoms with E-state index in [1.807, 2.05) is 13.8 Å². The molecule has 0 saturated heterocycles. The molecule has 1 heterocycles. The summed E-state index contributed by atoms with van der Waals surface area (Å²) in [5, 5.41) is 16.2. The summed E-state index contributed by atoms with van der Waals surface area (Å²) >= 11 is 0. The molecular formula is C13H19N3O3. The molecule has 2 atom stereocenters. The van der Waals surface area contributed by atoms with E-state index in [1.165, 1.54) is 0 Å². The molecule has 1 amide bonds. The molecule has 2 rings (SSSR count). The third-order valence-corrected chi connectivity index (χ3v) is 3.58. The number of nitrogens with one attached hydrogen (secondary N) is 1. The third kappa shape index (κ3) is 2.77. The van der Waals surface area contributed by atoms with Crippen LogP contribution in [-0.2, 0) is 11.3 Å². The van der Waals surface area contributed by atoms with Crippen LogP contribution >= 0.6 is 0 Å². The fourth-order valence-electron chi connectivity index (χ4n) is 2.64. The highest BCUT2D eigenvalue weighted by Crippen LogP contribution is 2.26. The quantitative estimate of drug-likeness (QED) is 0.856. The van der Waals surface area contributed by atoms with E-state index in [9.17, 15) is 9.59 Å². The van der Waals surface area contributed by atoms with Gasteiger partial charge >= 0.3 is 5.97 Å². The van der Waals surface area contributed by atoms with Crippen LogP contribution < -0.4 is 5.32 Å². The summed E-state index contributed by atoms with van der Waals surface area (Å²) in [6.45, 7) is 4.36. The standard InChI is InChI=1S/C13H19N3O3/c1-3-16-11(7-8(2)15-16)12(17)14-10-6-4-5-9(10)13(18)19/h7,9-10H,3-6H2,1-2H3,(H,14,17)(H,18,19). The molecule has 0 spiro atoms. The Labute approximate surface area is 111 Å².